The molecule has 0 aromatic rings. The van der Waals surface area contributed by atoms with E-state index in [-0.39, 0.29) is 0 Å². The molecule has 2 atom stereocenters. The fourth-order valence-corrected chi connectivity index (χ4v) is 2.72. The Morgan fingerprint density at radius 1 is 1.25 bits per heavy atom. The molecule has 2 rings (SSSR count). The standard InChI is InChI=1S/C9H16N2S/c1-10-4-8-2-3-11(7-12)6-9(8)5-10/h7-9H,2-6H2,1H3. The summed E-state index contributed by atoms with van der Waals surface area (Å²) < 4.78 is 0. The van der Waals surface area contributed by atoms with Crippen LogP contribution in [0.15, 0.2) is 0 Å². The first-order chi connectivity index (χ1) is 5.79. The molecule has 0 spiro atoms. The van der Waals surface area contributed by atoms with Gasteiger partial charge in [-0.1, -0.05) is 12.2 Å². The Labute approximate surface area is 79.5 Å². The molecule has 2 fully saturated rings. The monoisotopic (exact) mass is 184 g/mol. The van der Waals surface area contributed by atoms with Crippen LogP contribution >= 0.6 is 12.2 Å². The van der Waals surface area contributed by atoms with Crippen molar-refractivity contribution in [1.29, 1.82) is 0 Å². The Balaban J connectivity index is 1.97. The van der Waals surface area contributed by atoms with Gasteiger partial charge in [0.25, 0.3) is 0 Å². The third-order valence-electron chi connectivity index (χ3n) is 3.16. The predicted octanol–water partition coefficient (Wildman–Crippen LogP) is 0.827. The van der Waals surface area contributed by atoms with E-state index in [0.717, 1.165) is 11.8 Å². The van der Waals surface area contributed by atoms with Crippen molar-refractivity contribution in [1.82, 2.24) is 9.80 Å². The molecule has 0 radical (unpaired) electrons. The average molecular weight is 184 g/mol. The van der Waals surface area contributed by atoms with Crippen LogP contribution in [0.5, 0.6) is 0 Å². The third-order valence-corrected chi connectivity index (χ3v) is 3.46. The second-order valence-corrected chi connectivity index (χ2v) is 4.34. The van der Waals surface area contributed by atoms with Crippen molar-refractivity contribution in [2.24, 2.45) is 11.8 Å². The number of hydrogen-bond donors (Lipinski definition) is 0. The third kappa shape index (κ3) is 1.48. The second kappa shape index (κ2) is 3.30. The summed E-state index contributed by atoms with van der Waals surface area (Å²) in [6, 6.07) is 0. The predicted molar refractivity (Wildman–Crippen MR) is 54.3 cm³/mol. The molecule has 0 aliphatic carbocycles. The Morgan fingerprint density at radius 3 is 2.75 bits per heavy atom. The largest absolute Gasteiger partial charge is 0.368 e. The highest BCUT2D eigenvalue weighted by molar-refractivity contribution is 7.78. The Bertz CT molecular complexity index is 183. The highest BCUT2D eigenvalue weighted by Gasteiger charge is 2.34. The molecule has 12 heavy (non-hydrogen) atoms. The van der Waals surface area contributed by atoms with E-state index < -0.39 is 0 Å². The van der Waals surface area contributed by atoms with Gasteiger partial charge in [-0.25, -0.2) is 0 Å². The Morgan fingerprint density at radius 2 is 2.00 bits per heavy atom. The van der Waals surface area contributed by atoms with Crippen molar-refractivity contribution >= 4 is 17.7 Å². The van der Waals surface area contributed by atoms with E-state index in [1.54, 1.807) is 0 Å². The summed E-state index contributed by atoms with van der Waals surface area (Å²) in [7, 11) is 2.22. The summed E-state index contributed by atoms with van der Waals surface area (Å²) in [4.78, 5) is 4.73. The van der Waals surface area contributed by atoms with Gasteiger partial charge in [-0.3, -0.25) is 0 Å². The first-order valence-corrected chi connectivity index (χ1v) is 5.14. The number of thiocarbonyl (C=S) groups is 1. The van der Waals surface area contributed by atoms with Crippen molar-refractivity contribution < 1.29 is 0 Å². The van der Waals surface area contributed by atoms with E-state index in [2.05, 4.69) is 16.8 Å². The minimum absolute atomic E-state index is 0.878. The molecular formula is C9H16N2S. The molecule has 2 nitrogen and oxygen atoms in total. The number of hydrogen-bond acceptors (Lipinski definition) is 2. The van der Waals surface area contributed by atoms with Crippen LogP contribution in [0.3, 0.4) is 0 Å². The SMILES string of the molecule is CN1CC2CCN(C=S)CC2C1. The molecule has 2 heterocycles. The zero-order valence-electron chi connectivity index (χ0n) is 7.57. The van der Waals surface area contributed by atoms with Crippen LogP contribution in [0.25, 0.3) is 0 Å². The van der Waals surface area contributed by atoms with E-state index in [9.17, 15) is 0 Å². The molecule has 0 aromatic carbocycles. The van der Waals surface area contributed by atoms with Crippen LogP contribution in [-0.2, 0) is 0 Å². The minimum atomic E-state index is 0.878. The number of likely N-dealkylation sites (tertiary alicyclic amines) is 2. The van der Waals surface area contributed by atoms with Crippen molar-refractivity contribution in [2.75, 3.05) is 33.2 Å². The highest BCUT2D eigenvalue weighted by Crippen LogP contribution is 2.29. The molecule has 0 amide bonds. The minimum Gasteiger partial charge on any atom is -0.368 e. The normalized spacial score (nSPS) is 36.6. The van der Waals surface area contributed by atoms with Crippen molar-refractivity contribution in [3.05, 3.63) is 0 Å². The molecule has 2 aliphatic rings. The van der Waals surface area contributed by atoms with Crippen LogP contribution in [-0.4, -0.2) is 48.5 Å². The quantitative estimate of drug-likeness (QED) is 0.557. The second-order valence-electron chi connectivity index (χ2n) is 4.13. The van der Waals surface area contributed by atoms with Crippen LogP contribution < -0.4 is 0 Å². The van der Waals surface area contributed by atoms with E-state index >= 15 is 0 Å². The van der Waals surface area contributed by atoms with E-state index in [1.807, 2.05) is 5.49 Å². The van der Waals surface area contributed by atoms with Gasteiger partial charge in [0.15, 0.2) is 0 Å². The summed E-state index contributed by atoms with van der Waals surface area (Å²) in [5.74, 6) is 1.82. The van der Waals surface area contributed by atoms with Crippen LogP contribution in [0.1, 0.15) is 6.42 Å². The van der Waals surface area contributed by atoms with Gasteiger partial charge in [-0.2, -0.15) is 0 Å². The molecule has 0 bridgehead atoms. The molecule has 2 saturated heterocycles. The summed E-state index contributed by atoms with van der Waals surface area (Å²) in [6.45, 7) is 4.94. The Hall–Kier alpha value is -0.150. The van der Waals surface area contributed by atoms with Crippen LogP contribution in [0.2, 0.25) is 0 Å². The summed E-state index contributed by atoms with van der Waals surface area (Å²) in [6.07, 6.45) is 1.34. The van der Waals surface area contributed by atoms with Gasteiger partial charge in [-0.15, -0.1) is 0 Å². The first-order valence-electron chi connectivity index (χ1n) is 4.67. The summed E-state index contributed by atoms with van der Waals surface area (Å²) in [5.41, 5.74) is 1.83. The molecular weight excluding hydrogens is 168 g/mol. The summed E-state index contributed by atoms with van der Waals surface area (Å²) >= 11 is 4.95. The van der Waals surface area contributed by atoms with E-state index in [1.165, 1.54) is 32.6 Å². The number of rotatable bonds is 1. The zero-order chi connectivity index (χ0) is 8.55. The lowest BCUT2D eigenvalue weighted by Crippen LogP contribution is -2.38. The maximum absolute atomic E-state index is 4.95. The van der Waals surface area contributed by atoms with E-state index in [0.29, 0.717) is 0 Å². The number of nitrogens with zero attached hydrogens (tertiary/aromatic N) is 2. The fraction of sp³-hybridized carbons (Fsp3) is 0.889. The lowest BCUT2D eigenvalue weighted by Gasteiger charge is -2.32. The molecule has 3 heteroatoms. The number of fused-ring (bicyclic) bond motifs is 1. The van der Waals surface area contributed by atoms with Crippen LogP contribution in [0, 0.1) is 11.8 Å². The van der Waals surface area contributed by atoms with Crippen molar-refractivity contribution in [2.45, 2.75) is 6.42 Å². The summed E-state index contributed by atoms with van der Waals surface area (Å²) in [5, 5.41) is 0. The Kier molecular flexibility index (Phi) is 2.33. The smallest absolute Gasteiger partial charge is 0.0641 e. The van der Waals surface area contributed by atoms with Gasteiger partial charge in [0.1, 0.15) is 0 Å². The molecule has 2 unspecified atom stereocenters. The first kappa shape index (κ1) is 8.45. The maximum Gasteiger partial charge on any atom is 0.0641 e. The fourth-order valence-electron chi connectivity index (χ4n) is 2.53. The van der Waals surface area contributed by atoms with Gasteiger partial charge in [0.05, 0.1) is 5.49 Å². The van der Waals surface area contributed by atoms with Gasteiger partial charge < -0.3 is 9.80 Å². The van der Waals surface area contributed by atoms with Gasteiger partial charge in [-0.05, 0) is 25.3 Å². The molecule has 0 N–H and O–H groups in total. The molecule has 68 valence electrons. The lowest BCUT2D eigenvalue weighted by molar-refractivity contribution is 0.226. The van der Waals surface area contributed by atoms with Gasteiger partial charge >= 0.3 is 0 Å². The molecule has 0 saturated carbocycles. The highest BCUT2D eigenvalue weighted by atomic mass is 32.1. The van der Waals surface area contributed by atoms with Gasteiger partial charge in [0, 0.05) is 26.2 Å². The molecule has 0 aromatic heterocycles. The lowest BCUT2D eigenvalue weighted by atomic mass is 9.89. The molecule has 2 aliphatic heterocycles. The topological polar surface area (TPSA) is 6.48 Å². The van der Waals surface area contributed by atoms with E-state index in [4.69, 9.17) is 12.2 Å². The van der Waals surface area contributed by atoms with Crippen LogP contribution in [0.4, 0.5) is 0 Å². The van der Waals surface area contributed by atoms with Crippen molar-refractivity contribution in [3.8, 4) is 0 Å². The average Bonchev–Trinajstić information content (AvgIpc) is 2.43. The maximum atomic E-state index is 4.95. The zero-order valence-corrected chi connectivity index (χ0v) is 8.39. The number of piperidine rings is 1. The van der Waals surface area contributed by atoms with Gasteiger partial charge in [0.2, 0.25) is 0 Å². The van der Waals surface area contributed by atoms with Crippen molar-refractivity contribution in [3.63, 3.8) is 0 Å².